The minimum Gasteiger partial charge on any atom is -0.380 e. The van der Waals surface area contributed by atoms with E-state index in [-0.39, 0.29) is 6.04 Å². The third-order valence-corrected chi connectivity index (χ3v) is 4.96. The Labute approximate surface area is 135 Å². The maximum absolute atomic E-state index is 9.48. The summed E-state index contributed by atoms with van der Waals surface area (Å²) in [7, 11) is 4.12. The van der Waals surface area contributed by atoms with Crippen molar-refractivity contribution in [1.29, 1.82) is 5.26 Å². The fraction of sp³-hybridized carbons (Fsp3) is 0.412. The molecule has 22 heavy (non-hydrogen) atoms. The van der Waals surface area contributed by atoms with Crippen molar-refractivity contribution in [3.63, 3.8) is 0 Å². The summed E-state index contributed by atoms with van der Waals surface area (Å²) in [5.41, 5.74) is 3.89. The molecule has 0 bridgehead atoms. The van der Waals surface area contributed by atoms with Gasteiger partial charge in [0.15, 0.2) is 0 Å². The standard InChI is InChI=1S/C17H20N4S/c1-11(10-21(2)3)20-17-12(8-18)9-19-14-4-5-15-13(16(14)17)6-7-22-15/h4-5,9,11H,6-7,10H2,1-3H3,(H,19,20). The Balaban J connectivity index is 2.13. The van der Waals surface area contributed by atoms with Gasteiger partial charge in [0, 0.05) is 34.8 Å². The molecule has 1 aromatic heterocycles. The summed E-state index contributed by atoms with van der Waals surface area (Å²) in [5, 5.41) is 14.2. The summed E-state index contributed by atoms with van der Waals surface area (Å²) >= 11 is 1.89. The number of thioether (sulfide) groups is 1. The van der Waals surface area contributed by atoms with Crippen LogP contribution in [0.25, 0.3) is 10.9 Å². The molecular weight excluding hydrogens is 292 g/mol. The van der Waals surface area contributed by atoms with Gasteiger partial charge in [0.2, 0.25) is 0 Å². The molecule has 1 unspecified atom stereocenters. The molecule has 4 nitrogen and oxygen atoms in total. The number of hydrogen-bond acceptors (Lipinski definition) is 5. The van der Waals surface area contributed by atoms with E-state index in [0.717, 1.165) is 35.3 Å². The number of hydrogen-bond donors (Lipinski definition) is 1. The summed E-state index contributed by atoms with van der Waals surface area (Å²) in [6, 6.07) is 6.77. The van der Waals surface area contributed by atoms with Crippen LogP contribution in [0.15, 0.2) is 23.2 Å². The minimum atomic E-state index is 0.262. The molecule has 2 aromatic rings. The number of aromatic nitrogens is 1. The molecular formula is C17H20N4S. The van der Waals surface area contributed by atoms with E-state index >= 15 is 0 Å². The molecule has 1 aliphatic rings. The first-order valence-corrected chi connectivity index (χ1v) is 8.47. The number of nitrogens with zero attached hydrogens (tertiary/aromatic N) is 3. The number of anilines is 1. The zero-order chi connectivity index (χ0) is 15.7. The molecule has 0 spiro atoms. The molecule has 0 aliphatic carbocycles. The highest BCUT2D eigenvalue weighted by atomic mass is 32.2. The van der Waals surface area contributed by atoms with Crippen LogP contribution in [0.5, 0.6) is 0 Å². The highest BCUT2D eigenvalue weighted by molar-refractivity contribution is 7.99. The summed E-state index contributed by atoms with van der Waals surface area (Å²) in [5.74, 6) is 1.11. The fourth-order valence-corrected chi connectivity index (χ4v) is 4.13. The molecule has 0 amide bonds. The summed E-state index contributed by atoms with van der Waals surface area (Å²) in [6.07, 6.45) is 2.73. The highest BCUT2D eigenvalue weighted by Crippen LogP contribution is 2.39. The number of fused-ring (bicyclic) bond motifs is 3. The smallest absolute Gasteiger partial charge is 0.103 e. The van der Waals surface area contributed by atoms with E-state index in [0.29, 0.717) is 5.56 Å². The summed E-state index contributed by atoms with van der Waals surface area (Å²) < 4.78 is 0. The zero-order valence-corrected chi connectivity index (χ0v) is 14.0. The second-order valence-electron chi connectivity index (χ2n) is 6.00. The molecule has 3 rings (SSSR count). The van der Waals surface area contributed by atoms with Crippen molar-refractivity contribution in [2.45, 2.75) is 24.3 Å². The van der Waals surface area contributed by atoms with Crippen LogP contribution < -0.4 is 5.32 Å². The van der Waals surface area contributed by atoms with E-state index in [2.05, 4.69) is 54.4 Å². The average molecular weight is 312 g/mol. The molecule has 0 saturated carbocycles. The molecule has 5 heteroatoms. The van der Waals surface area contributed by atoms with Crippen LogP contribution in [0.3, 0.4) is 0 Å². The minimum absolute atomic E-state index is 0.262. The molecule has 1 aromatic carbocycles. The third kappa shape index (κ3) is 2.77. The normalized spacial score (nSPS) is 14.9. The number of nitrogens with one attached hydrogen (secondary N) is 1. The first-order valence-electron chi connectivity index (χ1n) is 7.49. The largest absolute Gasteiger partial charge is 0.380 e. The van der Waals surface area contributed by atoms with Crippen molar-refractivity contribution in [2.24, 2.45) is 0 Å². The highest BCUT2D eigenvalue weighted by Gasteiger charge is 2.20. The molecule has 114 valence electrons. The van der Waals surface area contributed by atoms with Gasteiger partial charge in [-0.3, -0.25) is 4.98 Å². The van der Waals surface area contributed by atoms with Gasteiger partial charge in [0.25, 0.3) is 0 Å². The SMILES string of the molecule is CC(CN(C)C)Nc1c(C#N)cnc2ccc3c(c12)CCS3. The van der Waals surface area contributed by atoms with E-state index in [1.165, 1.54) is 10.5 Å². The van der Waals surface area contributed by atoms with Crippen LogP contribution in [-0.4, -0.2) is 42.3 Å². The van der Waals surface area contributed by atoms with Gasteiger partial charge in [-0.1, -0.05) is 0 Å². The van der Waals surface area contributed by atoms with E-state index in [9.17, 15) is 5.26 Å². The number of nitriles is 1. The van der Waals surface area contributed by atoms with Crippen molar-refractivity contribution in [3.05, 3.63) is 29.5 Å². The van der Waals surface area contributed by atoms with Gasteiger partial charge >= 0.3 is 0 Å². The number of rotatable bonds is 4. The molecule has 0 saturated heterocycles. The van der Waals surface area contributed by atoms with E-state index < -0.39 is 0 Å². The average Bonchev–Trinajstić information content (AvgIpc) is 2.94. The van der Waals surface area contributed by atoms with Crippen LogP contribution >= 0.6 is 11.8 Å². The molecule has 0 radical (unpaired) electrons. The fourth-order valence-electron chi connectivity index (χ4n) is 3.06. The second kappa shape index (κ2) is 6.15. The van der Waals surface area contributed by atoms with Crippen molar-refractivity contribution in [2.75, 3.05) is 31.7 Å². The van der Waals surface area contributed by atoms with Crippen LogP contribution in [-0.2, 0) is 6.42 Å². The Hall–Kier alpha value is -1.77. The van der Waals surface area contributed by atoms with Crippen molar-refractivity contribution in [1.82, 2.24) is 9.88 Å². The Morgan fingerprint density at radius 3 is 3.00 bits per heavy atom. The van der Waals surface area contributed by atoms with Crippen molar-refractivity contribution >= 4 is 28.4 Å². The van der Waals surface area contributed by atoms with Crippen molar-refractivity contribution < 1.29 is 0 Å². The second-order valence-corrected chi connectivity index (χ2v) is 7.14. The van der Waals surface area contributed by atoms with Crippen molar-refractivity contribution in [3.8, 4) is 6.07 Å². The van der Waals surface area contributed by atoms with E-state index in [4.69, 9.17) is 0 Å². The first kappa shape index (κ1) is 15.1. The first-order chi connectivity index (χ1) is 10.6. The molecule has 1 aliphatic heterocycles. The van der Waals surface area contributed by atoms with Crippen LogP contribution in [0, 0.1) is 11.3 Å². The third-order valence-electron chi connectivity index (χ3n) is 3.86. The van der Waals surface area contributed by atoms with Crippen LogP contribution in [0.1, 0.15) is 18.1 Å². The van der Waals surface area contributed by atoms with Gasteiger partial charge in [0.05, 0.1) is 16.8 Å². The van der Waals surface area contributed by atoms with Gasteiger partial charge in [0.1, 0.15) is 6.07 Å². The Morgan fingerprint density at radius 1 is 1.45 bits per heavy atom. The topological polar surface area (TPSA) is 52.0 Å². The lowest BCUT2D eigenvalue weighted by molar-refractivity contribution is 0.392. The lowest BCUT2D eigenvalue weighted by atomic mass is 10.0. The van der Waals surface area contributed by atoms with Gasteiger partial charge in [-0.15, -0.1) is 11.8 Å². The number of aryl methyl sites for hydroxylation is 1. The predicted molar refractivity (Wildman–Crippen MR) is 92.5 cm³/mol. The number of likely N-dealkylation sites (N-methyl/N-ethyl adjacent to an activating group) is 1. The van der Waals surface area contributed by atoms with E-state index in [1.54, 1.807) is 6.20 Å². The molecule has 1 N–H and O–H groups in total. The van der Waals surface area contributed by atoms with E-state index in [1.807, 2.05) is 11.8 Å². The molecule has 0 fully saturated rings. The number of benzene rings is 1. The number of pyridine rings is 1. The van der Waals surface area contributed by atoms with Crippen LogP contribution in [0.4, 0.5) is 5.69 Å². The van der Waals surface area contributed by atoms with Gasteiger partial charge in [-0.2, -0.15) is 5.26 Å². The quantitative estimate of drug-likeness (QED) is 0.940. The monoisotopic (exact) mass is 312 g/mol. The zero-order valence-electron chi connectivity index (χ0n) is 13.2. The molecule has 2 heterocycles. The summed E-state index contributed by atoms with van der Waals surface area (Å²) in [6.45, 7) is 3.06. The van der Waals surface area contributed by atoms with Gasteiger partial charge in [-0.05, 0) is 45.1 Å². The van der Waals surface area contributed by atoms with Crippen LogP contribution in [0.2, 0.25) is 0 Å². The molecule has 1 atom stereocenters. The Kier molecular flexibility index (Phi) is 4.23. The lowest BCUT2D eigenvalue weighted by Crippen LogP contribution is -2.30. The van der Waals surface area contributed by atoms with Gasteiger partial charge < -0.3 is 10.2 Å². The van der Waals surface area contributed by atoms with Gasteiger partial charge in [-0.25, -0.2) is 0 Å². The Bertz CT molecular complexity index is 748. The lowest BCUT2D eigenvalue weighted by Gasteiger charge is -2.22. The Morgan fingerprint density at radius 2 is 2.27 bits per heavy atom. The predicted octanol–water partition coefficient (Wildman–Crippen LogP) is 3.12. The maximum atomic E-state index is 9.48. The summed E-state index contributed by atoms with van der Waals surface area (Å²) in [4.78, 5) is 7.95. The maximum Gasteiger partial charge on any atom is 0.103 e.